The maximum Gasteiger partial charge on any atom is 0.240 e. The van der Waals surface area contributed by atoms with Crippen LogP contribution in [0, 0.1) is 5.92 Å². The number of nitrogens with one attached hydrogen (secondary N) is 1. The number of benzene rings is 1. The summed E-state index contributed by atoms with van der Waals surface area (Å²) in [7, 11) is -3.40. The third-order valence-electron chi connectivity index (χ3n) is 4.32. The van der Waals surface area contributed by atoms with Crippen molar-refractivity contribution in [3.05, 3.63) is 29.8 Å². The molecule has 1 fully saturated rings. The summed E-state index contributed by atoms with van der Waals surface area (Å²) in [6, 6.07) is 7.23. The van der Waals surface area contributed by atoms with E-state index in [-0.39, 0.29) is 6.04 Å². The molecule has 0 radical (unpaired) electrons. The van der Waals surface area contributed by atoms with Gasteiger partial charge in [0, 0.05) is 6.04 Å². The Morgan fingerprint density at radius 1 is 1.19 bits per heavy atom. The van der Waals surface area contributed by atoms with Crippen LogP contribution in [-0.2, 0) is 16.4 Å². The van der Waals surface area contributed by atoms with Gasteiger partial charge >= 0.3 is 0 Å². The van der Waals surface area contributed by atoms with Gasteiger partial charge in [0.15, 0.2) is 0 Å². The summed E-state index contributed by atoms with van der Waals surface area (Å²) in [6.07, 6.45) is 6.17. The number of aryl methyl sites for hydroxylation is 1. The van der Waals surface area contributed by atoms with Gasteiger partial charge in [-0.1, -0.05) is 31.9 Å². The lowest BCUT2D eigenvalue weighted by atomic mass is 9.87. The molecule has 3 N–H and O–H groups in total. The predicted octanol–water partition coefficient (Wildman–Crippen LogP) is 2.43. The SMILES string of the molecule is CC1CCCCC1NS(=O)(=O)c1ccc(CCCN)cc1. The van der Waals surface area contributed by atoms with Crippen LogP contribution in [0.1, 0.15) is 44.6 Å². The molecule has 0 amide bonds. The lowest BCUT2D eigenvalue weighted by molar-refractivity contribution is 0.310. The van der Waals surface area contributed by atoms with E-state index in [0.717, 1.165) is 37.7 Å². The molecule has 0 saturated heterocycles. The minimum Gasteiger partial charge on any atom is -0.330 e. The molecule has 21 heavy (non-hydrogen) atoms. The van der Waals surface area contributed by atoms with E-state index < -0.39 is 10.0 Å². The van der Waals surface area contributed by atoms with Gasteiger partial charge in [0.25, 0.3) is 0 Å². The predicted molar refractivity (Wildman–Crippen MR) is 85.6 cm³/mol. The third-order valence-corrected chi connectivity index (χ3v) is 5.83. The number of rotatable bonds is 6. The zero-order valence-electron chi connectivity index (χ0n) is 12.7. The molecule has 0 aliphatic heterocycles. The zero-order valence-corrected chi connectivity index (χ0v) is 13.5. The van der Waals surface area contributed by atoms with Crippen LogP contribution < -0.4 is 10.5 Å². The fraction of sp³-hybridized carbons (Fsp3) is 0.625. The van der Waals surface area contributed by atoms with Crippen LogP contribution in [0.2, 0.25) is 0 Å². The average molecular weight is 310 g/mol. The molecule has 4 nitrogen and oxygen atoms in total. The zero-order chi connectivity index (χ0) is 15.3. The van der Waals surface area contributed by atoms with E-state index in [2.05, 4.69) is 11.6 Å². The van der Waals surface area contributed by atoms with E-state index in [0.29, 0.717) is 17.4 Å². The van der Waals surface area contributed by atoms with E-state index in [1.54, 1.807) is 12.1 Å². The lowest BCUT2D eigenvalue weighted by Gasteiger charge is -2.29. The minimum absolute atomic E-state index is 0.0701. The Labute approximate surface area is 128 Å². The Hall–Kier alpha value is -0.910. The second kappa shape index (κ2) is 7.38. The van der Waals surface area contributed by atoms with Gasteiger partial charge in [-0.3, -0.25) is 0 Å². The van der Waals surface area contributed by atoms with Crippen molar-refractivity contribution in [3.63, 3.8) is 0 Å². The summed E-state index contributed by atoms with van der Waals surface area (Å²) >= 11 is 0. The molecule has 1 aliphatic carbocycles. The van der Waals surface area contributed by atoms with E-state index in [4.69, 9.17) is 5.73 Å². The molecular formula is C16H26N2O2S. The average Bonchev–Trinajstić information content (AvgIpc) is 2.48. The highest BCUT2D eigenvalue weighted by Gasteiger charge is 2.26. The largest absolute Gasteiger partial charge is 0.330 e. The van der Waals surface area contributed by atoms with Crippen molar-refractivity contribution in [3.8, 4) is 0 Å². The van der Waals surface area contributed by atoms with Crippen LogP contribution >= 0.6 is 0 Å². The van der Waals surface area contributed by atoms with Crippen LogP contribution in [0.4, 0.5) is 0 Å². The van der Waals surface area contributed by atoms with Crippen molar-refractivity contribution >= 4 is 10.0 Å². The summed E-state index contributed by atoms with van der Waals surface area (Å²) in [5, 5.41) is 0. The highest BCUT2D eigenvalue weighted by atomic mass is 32.2. The minimum atomic E-state index is -3.40. The van der Waals surface area contributed by atoms with E-state index >= 15 is 0 Å². The van der Waals surface area contributed by atoms with Gasteiger partial charge in [-0.05, 0) is 55.8 Å². The Morgan fingerprint density at radius 3 is 2.48 bits per heavy atom. The summed E-state index contributed by atoms with van der Waals surface area (Å²) in [4.78, 5) is 0.358. The van der Waals surface area contributed by atoms with Gasteiger partial charge in [0.05, 0.1) is 4.90 Å². The molecule has 0 bridgehead atoms. The van der Waals surface area contributed by atoms with Crippen LogP contribution in [-0.4, -0.2) is 21.0 Å². The van der Waals surface area contributed by atoms with Crippen LogP contribution in [0.15, 0.2) is 29.2 Å². The fourth-order valence-corrected chi connectivity index (χ4v) is 4.28. The molecular weight excluding hydrogens is 284 g/mol. The molecule has 1 saturated carbocycles. The molecule has 1 aromatic carbocycles. The Kier molecular flexibility index (Phi) is 5.79. The normalized spacial score (nSPS) is 23.1. The molecule has 118 valence electrons. The third kappa shape index (κ3) is 4.53. The second-order valence-corrected chi connectivity index (χ2v) is 7.74. The monoisotopic (exact) mass is 310 g/mol. The number of sulfonamides is 1. The topological polar surface area (TPSA) is 72.2 Å². The standard InChI is InChI=1S/C16H26N2O2S/c1-13-5-2-3-7-16(13)18-21(19,20)15-10-8-14(9-11-15)6-4-12-17/h8-11,13,16,18H,2-7,12,17H2,1H3. The van der Waals surface area contributed by atoms with Crippen LogP contribution in [0.3, 0.4) is 0 Å². The van der Waals surface area contributed by atoms with Crippen molar-refractivity contribution in [2.75, 3.05) is 6.54 Å². The molecule has 0 spiro atoms. The first-order valence-corrected chi connectivity index (χ1v) is 9.32. The van der Waals surface area contributed by atoms with Crippen molar-refractivity contribution in [2.24, 2.45) is 11.7 Å². The van der Waals surface area contributed by atoms with Gasteiger partial charge in [-0.2, -0.15) is 0 Å². The van der Waals surface area contributed by atoms with Gasteiger partial charge in [0.2, 0.25) is 10.0 Å². The van der Waals surface area contributed by atoms with Gasteiger partial charge < -0.3 is 5.73 Å². The lowest BCUT2D eigenvalue weighted by Crippen LogP contribution is -2.40. The molecule has 0 aromatic heterocycles. The van der Waals surface area contributed by atoms with Crippen molar-refractivity contribution in [2.45, 2.75) is 56.4 Å². The number of hydrogen-bond acceptors (Lipinski definition) is 3. The molecule has 2 rings (SSSR count). The number of nitrogens with two attached hydrogens (primary N) is 1. The summed E-state index contributed by atoms with van der Waals surface area (Å²) in [5.41, 5.74) is 6.62. The summed E-state index contributed by atoms with van der Waals surface area (Å²) < 4.78 is 27.8. The van der Waals surface area contributed by atoms with Gasteiger partial charge in [-0.25, -0.2) is 13.1 Å². The van der Waals surface area contributed by atoms with Crippen LogP contribution in [0.25, 0.3) is 0 Å². The molecule has 0 heterocycles. The van der Waals surface area contributed by atoms with Gasteiger partial charge in [-0.15, -0.1) is 0 Å². The maximum absolute atomic E-state index is 12.4. The smallest absolute Gasteiger partial charge is 0.240 e. The quantitative estimate of drug-likeness (QED) is 0.847. The maximum atomic E-state index is 12.4. The van der Waals surface area contributed by atoms with E-state index in [1.165, 1.54) is 6.42 Å². The van der Waals surface area contributed by atoms with Gasteiger partial charge in [0.1, 0.15) is 0 Å². The first-order chi connectivity index (χ1) is 10.0. The second-order valence-electron chi connectivity index (χ2n) is 6.03. The highest BCUT2D eigenvalue weighted by Crippen LogP contribution is 2.25. The molecule has 5 heteroatoms. The molecule has 2 atom stereocenters. The number of hydrogen-bond donors (Lipinski definition) is 2. The van der Waals surface area contributed by atoms with E-state index in [9.17, 15) is 8.42 Å². The summed E-state index contributed by atoms with van der Waals surface area (Å²) in [6.45, 7) is 2.78. The summed E-state index contributed by atoms with van der Waals surface area (Å²) in [5.74, 6) is 0.414. The highest BCUT2D eigenvalue weighted by molar-refractivity contribution is 7.89. The van der Waals surface area contributed by atoms with Crippen LogP contribution in [0.5, 0.6) is 0 Å². The van der Waals surface area contributed by atoms with Crippen molar-refractivity contribution in [1.29, 1.82) is 0 Å². The first-order valence-electron chi connectivity index (χ1n) is 7.84. The Balaban J connectivity index is 2.04. The Bertz CT molecular complexity index is 540. The molecule has 1 aliphatic rings. The van der Waals surface area contributed by atoms with E-state index in [1.807, 2.05) is 12.1 Å². The molecule has 1 aromatic rings. The molecule has 2 unspecified atom stereocenters. The van der Waals surface area contributed by atoms with Crippen molar-refractivity contribution < 1.29 is 8.42 Å². The Morgan fingerprint density at radius 2 is 1.86 bits per heavy atom. The van der Waals surface area contributed by atoms with Crippen molar-refractivity contribution in [1.82, 2.24) is 4.72 Å². The fourth-order valence-electron chi connectivity index (χ4n) is 2.90. The first kappa shape index (κ1) is 16.5.